The topological polar surface area (TPSA) is 41.3 Å². The van der Waals surface area contributed by atoms with E-state index in [0.29, 0.717) is 10.8 Å². The summed E-state index contributed by atoms with van der Waals surface area (Å²) in [5.74, 6) is 5.42. The largest absolute Gasteiger partial charge is 0.312 e. The summed E-state index contributed by atoms with van der Waals surface area (Å²) in [6.45, 7) is 15.8. The molecule has 4 aliphatic rings. The highest BCUT2D eigenvalue weighted by Crippen LogP contribution is 2.67. The minimum absolute atomic E-state index is 0.268. The normalized spacial score (nSPS) is 43.8. The van der Waals surface area contributed by atoms with Crippen molar-refractivity contribution in [3.63, 3.8) is 0 Å². The molecule has 0 aliphatic heterocycles. The lowest BCUT2D eigenvalue weighted by Gasteiger charge is -2.59. The fourth-order valence-electron chi connectivity index (χ4n) is 9.27. The molecular formula is C30H55N3. The van der Waals surface area contributed by atoms with Gasteiger partial charge in [-0.05, 0) is 91.3 Å². The minimum Gasteiger partial charge on any atom is -0.312 e. The van der Waals surface area contributed by atoms with Crippen molar-refractivity contribution in [3.8, 4) is 0 Å². The van der Waals surface area contributed by atoms with Crippen LogP contribution in [0.4, 0.5) is 0 Å². The highest BCUT2D eigenvalue weighted by atomic mass is 15.5. The van der Waals surface area contributed by atoms with Crippen molar-refractivity contribution < 1.29 is 0 Å². The predicted octanol–water partition coefficient (Wildman–Crippen LogP) is 7.14. The van der Waals surface area contributed by atoms with Gasteiger partial charge in [-0.2, -0.15) is 0 Å². The number of allylic oxidation sites excluding steroid dienone is 1. The van der Waals surface area contributed by atoms with Crippen molar-refractivity contribution in [1.82, 2.24) is 10.4 Å². The van der Waals surface area contributed by atoms with E-state index < -0.39 is 0 Å². The van der Waals surface area contributed by atoms with Gasteiger partial charge in [0.1, 0.15) is 0 Å². The Kier molecular flexibility index (Phi) is 7.46. The molecule has 3 fully saturated rings. The fraction of sp³-hybridized carbons (Fsp3) is 0.933. The minimum atomic E-state index is -0.268. The smallest absolute Gasteiger partial charge is 0.0832 e. The Bertz CT molecular complexity index is 715. The van der Waals surface area contributed by atoms with E-state index in [1.165, 1.54) is 57.8 Å². The first kappa shape index (κ1) is 25.7. The number of hydrazine groups is 1. The molecule has 0 aromatic carbocycles. The van der Waals surface area contributed by atoms with Crippen LogP contribution in [0.15, 0.2) is 11.6 Å². The van der Waals surface area contributed by atoms with Gasteiger partial charge in [-0.1, -0.05) is 72.5 Å². The Morgan fingerprint density at radius 2 is 1.82 bits per heavy atom. The molecule has 0 heterocycles. The first-order valence-corrected chi connectivity index (χ1v) is 14.5. The zero-order chi connectivity index (χ0) is 24.0. The average molecular weight is 458 g/mol. The molecule has 33 heavy (non-hydrogen) atoms. The van der Waals surface area contributed by atoms with Crippen LogP contribution >= 0.6 is 0 Å². The van der Waals surface area contributed by atoms with Gasteiger partial charge < -0.3 is 5.73 Å². The Hall–Kier alpha value is -0.380. The number of hydrogen-bond acceptors (Lipinski definition) is 3. The van der Waals surface area contributed by atoms with Gasteiger partial charge in [0.05, 0.1) is 5.66 Å². The van der Waals surface area contributed by atoms with Crippen LogP contribution in [0.2, 0.25) is 0 Å². The van der Waals surface area contributed by atoms with Gasteiger partial charge in [-0.25, -0.2) is 10.4 Å². The second-order valence-corrected chi connectivity index (χ2v) is 13.7. The summed E-state index contributed by atoms with van der Waals surface area (Å²) >= 11 is 0. The molecular weight excluding hydrogens is 402 g/mol. The molecule has 3 nitrogen and oxygen atoms in total. The van der Waals surface area contributed by atoms with Crippen LogP contribution in [0.1, 0.15) is 112 Å². The Morgan fingerprint density at radius 3 is 2.52 bits per heavy atom. The Labute approximate surface area is 205 Å². The van der Waals surface area contributed by atoms with Crippen LogP contribution in [-0.2, 0) is 0 Å². The lowest BCUT2D eigenvalue weighted by molar-refractivity contribution is -0.0580. The third kappa shape index (κ3) is 4.73. The molecule has 8 unspecified atom stereocenters. The van der Waals surface area contributed by atoms with Crippen LogP contribution in [0.3, 0.4) is 0 Å². The summed E-state index contributed by atoms with van der Waals surface area (Å²) in [5.41, 5.74) is 12.9. The molecule has 0 aromatic rings. The third-order valence-corrected chi connectivity index (χ3v) is 11.3. The summed E-state index contributed by atoms with van der Waals surface area (Å²) in [5, 5.41) is 2.17. The van der Waals surface area contributed by atoms with Gasteiger partial charge in [0.25, 0.3) is 0 Å². The van der Waals surface area contributed by atoms with E-state index >= 15 is 0 Å². The van der Waals surface area contributed by atoms with E-state index in [9.17, 15) is 0 Å². The zero-order valence-electron chi connectivity index (χ0n) is 23.1. The van der Waals surface area contributed by atoms with Crippen LogP contribution in [0.5, 0.6) is 0 Å². The third-order valence-electron chi connectivity index (χ3n) is 11.3. The number of rotatable bonds is 8. The maximum Gasteiger partial charge on any atom is 0.0832 e. The van der Waals surface area contributed by atoms with Gasteiger partial charge in [-0.3, -0.25) is 0 Å². The number of fused-ring (bicyclic) bond motifs is 5. The van der Waals surface area contributed by atoms with E-state index in [-0.39, 0.29) is 5.66 Å². The van der Waals surface area contributed by atoms with Crippen molar-refractivity contribution in [2.45, 2.75) is 118 Å². The summed E-state index contributed by atoms with van der Waals surface area (Å²) < 4.78 is 0. The van der Waals surface area contributed by atoms with Crippen LogP contribution in [0, 0.1) is 46.3 Å². The van der Waals surface area contributed by atoms with Crippen molar-refractivity contribution in [1.29, 1.82) is 0 Å². The lowest BCUT2D eigenvalue weighted by Crippen LogP contribution is -2.63. The van der Waals surface area contributed by atoms with Gasteiger partial charge in [0.15, 0.2) is 0 Å². The average Bonchev–Trinajstić information content (AvgIpc) is 3.11. The van der Waals surface area contributed by atoms with Gasteiger partial charge >= 0.3 is 0 Å². The van der Waals surface area contributed by atoms with Gasteiger partial charge in [-0.15, -0.1) is 0 Å². The number of hydrogen-bond donors (Lipinski definition) is 2. The quantitative estimate of drug-likeness (QED) is 0.231. The molecule has 3 saturated carbocycles. The molecule has 0 radical (unpaired) electrons. The van der Waals surface area contributed by atoms with E-state index in [4.69, 9.17) is 5.73 Å². The molecule has 0 spiro atoms. The maximum absolute atomic E-state index is 6.89. The standard InChI is InChI=1S/C30H55N3/c1-8-33(7)32-30(31)19-18-28(5)23(20-30)12-13-24-26-15-14-25(22(4)11-9-10-21(2)3)29(26,6)17-16-27(24)28/h12,21-22,24-27,32H,8-11,13-20,31H2,1-7H3. The highest BCUT2D eigenvalue weighted by Gasteiger charge is 2.59. The second kappa shape index (κ2) is 9.58. The first-order valence-electron chi connectivity index (χ1n) is 14.5. The van der Waals surface area contributed by atoms with Crippen molar-refractivity contribution in [3.05, 3.63) is 11.6 Å². The number of nitrogens with one attached hydrogen (secondary N) is 1. The molecule has 0 bridgehead atoms. The van der Waals surface area contributed by atoms with E-state index in [1.807, 2.05) is 0 Å². The van der Waals surface area contributed by atoms with Gasteiger partial charge in [0.2, 0.25) is 0 Å². The van der Waals surface area contributed by atoms with Crippen molar-refractivity contribution in [2.75, 3.05) is 13.6 Å². The van der Waals surface area contributed by atoms with E-state index in [0.717, 1.165) is 54.9 Å². The summed E-state index contributed by atoms with van der Waals surface area (Å²) in [7, 11) is 2.12. The van der Waals surface area contributed by atoms with Gasteiger partial charge in [0, 0.05) is 20.0 Å². The van der Waals surface area contributed by atoms with E-state index in [1.54, 1.807) is 5.57 Å². The molecule has 3 N–H and O–H groups in total. The summed E-state index contributed by atoms with van der Waals surface area (Å²) in [4.78, 5) is 0. The maximum atomic E-state index is 6.89. The van der Waals surface area contributed by atoms with Crippen LogP contribution in [-0.4, -0.2) is 24.3 Å². The molecule has 190 valence electrons. The Morgan fingerprint density at radius 1 is 1.06 bits per heavy atom. The van der Waals surface area contributed by atoms with Crippen LogP contribution in [0.25, 0.3) is 0 Å². The van der Waals surface area contributed by atoms with Crippen LogP contribution < -0.4 is 11.2 Å². The summed E-state index contributed by atoms with van der Waals surface area (Å²) in [6.07, 6.45) is 17.5. The Balaban J connectivity index is 1.47. The molecule has 4 rings (SSSR count). The highest BCUT2D eigenvalue weighted by molar-refractivity contribution is 5.27. The fourth-order valence-corrected chi connectivity index (χ4v) is 9.27. The summed E-state index contributed by atoms with van der Waals surface area (Å²) in [6, 6.07) is 0. The molecule has 4 aliphatic carbocycles. The first-order chi connectivity index (χ1) is 15.5. The number of nitrogens with zero attached hydrogens (tertiary/aromatic N) is 1. The zero-order valence-corrected chi connectivity index (χ0v) is 23.1. The number of nitrogens with two attached hydrogens (primary N) is 1. The van der Waals surface area contributed by atoms with E-state index in [2.05, 4.69) is 65.1 Å². The SMILES string of the molecule is CCN(C)NC1(N)CCC2(C)C(=CCC3C2CCC2(C)C(C(C)CCCC(C)C)CCC32)C1. The van der Waals surface area contributed by atoms with Crippen molar-refractivity contribution >= 4 is 0 Å². The molecule has 0 saturated heterocycles. The molecule has 8 atom stereocenters. The van der Waals surface area contributed by atoms with Crippen molar-refractivity contribution in [2.24, 2.45) is 52.1 Å². The molecule has 0 amide bonds. The monoisotopic (exact) mass is 457 g/mol. The second-order valence-electron chi connectivity index (χ2n) is 13.7. The lowest BCUT2D eigenvalue weighted by atomic mass is 9.46. The predicted molar refractivity (Wildman–Crippen MR) is 141 cm³/mol. The molecule has 3 heteroatoms. The molecule has 0 aromatic heterocycles.